The molecule has 0 N–H and O–H groups in total. The first-order valence-electron chi connectivity index (χ1n) is 36.6. The molecule has 0 radical (unpaired) electrons. The highest BCUT2D eigenvalue weighted by Gasteiger charge is 2.19. The fourth-order valence-electron chi connectivity index (χ4n) is 11.0. The Labute approximate surface area is 511 Å². The third-order valence-corrected chi connectivity index (χ3v) is 16.6. The second kappa shape index (κ2) is 70.9. The molecule has 0 heterocycles. The summed E-state index contributed by atoms with van der Waals surface area (Å²) in [4.78, 5) is 38.4. The Bertz CT molecular complexity index is 1410. The van der Waals surface area contributed by atoms with Crippen LogP contribution in [0.5, 0.6) is 0 Å². The molecule has 0 amide bonds. The highest BCUT2D eigenvalue weighted by molar-refractivity contribution is 5.71. The van der Waals surface area contributed by atoms with Gasteiger partial charge in [0.25, 0.3) is 0 Å². The van der Waals surface area contributed by atoms with Gasteiger partial charge in [-0.3, -0.25) is 14.4 Å². The summed E-state index contributed by atoms with van der Waals surface area (Å²) in [5.41, 5.74) is 0. The van der Waals surface area contributed by atoms with E-state index < -0.39 is 6.10 Å². The van der Waals surface area contributed by atoms with Crippen molar-refractivity contribution in [2.75, 3.05) is 13.2 Å². The number of carbonyl (C=O) groups excluding carboxylic acids is 3. The molecule has 0 aliphatic heterocycles. The van der Waals surface area contributed by atoms with Crippen molar-refractivity contribution in [1.82, 2.24) is 0 Å². The van der Waals surface area contributed by atoms with Gasteiger partial charge >= 0.3 is 17.9 Å². The Kier molecular flexibility index (Phi) is 68.6. The van der Waals surface area contributed by atoms with Crippen LogP contribution in [0.25, 0.3) is 0 Å². The minimum Gasteiger partial charge on any atom is -0.462 e. The van der Waals surface area contributed by atoms with Crippen LogP contribution in [0.15, 0.2) is 48.6 Å². The van der Waals surface area contributed by atoms with Crippen LogP contribution in [0.3, 0.4) is 0 Å². The van der Waals surface area contributed by atoms with Crippen LogP contribution in [-0.2, 0) is 28.6 Å². The summed E-state index contributed by atoms with van der Waals surface area (Å²) < 4.78 is 17.0. The number of hydrogen-bond donors (Lipinski definition) is 0. The van der Waals surface area contributed by atoms with Gasteiger partial charge in [-0.05, 0) is 83.5 Å². The van der Waals surface area contributed by atoms with Crippen LogP contribution in [0.1, 0.15) is 400 Å². The maximum Gasteiger partial charge on any atom is 0.306 e. The third kappa shape index (κ3) is 68.2. The predicted octanol–water partition coefficient (Wildman–Crippen LogP) is 25.3. The van der Waals surface area contributed by atoms with Gasteiger partial charge in [-0.2, -0.15) is 0 Å². The first-order chi connectivity index (χ1) is 40.5. The fourth-order valence-corrected chi connectivity index (χ4v) is 11.0. The number of unbranched alkanes of at least 4 members (excludes halogenated alkanes) is 49. The van der Waals surface area contributed by atoms with Gasteiger partial charge in [0.15, 0.2) is 6.10 Å². The van der Waals surface area contributed by atoms with Gasteiger partial charge in [0.2, 0.25) is 0 Å². The van der Waals surface area contributed by atoms with Crippen LogP contribution in [0.2, 0.25) is 0 Å². The highest BCUT2D eigenvalue weighted by atomic mass is 16.6. The Morgan fingerprint density at radius 1 is 0.244 bits per heavy atom. The molecular formula is C76H140O6. The Hall–Kier alpha value is -2.63. The lowest BCUT2D eigenvalue weighted by molar-refractivity contribution is -0.167. The SMILES string of the molecule is CCCCCCC/C=C\C/C=C\C/C=C\CCCCCCCCCCCCCCCCCCC(=O)OCC(COC(=O)CCCCCCCCCCCCCC)OC(=O)CCCCCCCCCCC/C=C\CCCCCCCCCC. The molecule has 0 aromatic carbocycles. The van der Waals surface area contributed by atoms with Gasteiger partial charge in [0, 0.05) is 19.3 Å². The van der Waals surface area contributed by atoms with Crippen molar-refractivity contribution in [1.29, 1.82) is 0 Å². The largest absolute Gasteiger partial charge is 0.462 e. The van der Waals surface area contributed by atoms with Gasteiger partial charge in [0.05, 0.1) is 0 Å². The molecule has 0 saturated carbocycles. The van der Waals surface area contributed by atoms with Crippen LogP contribution in [0.4, 0.5) is 0 Å². The van der Waals surface area contributed by atoms with Crippen molar-refractivity contribution in [3.63, 3.8) is 0 Å². The normalized spacial score (nSPS) is 12.3. The Morgan fingerprint density at radius 2 is 0.439 bits per heavy atom. The van der Waals surface area contributed by atoms with E-state index in [0.29, 0.717) is 19.3 Å². The van der Waals surface area contributed by atoms with Crippen molar-refractivity contribution in [2.45, 2.75) is 406 Å². The minimum absolute atomic E-state index is 0.0682. The standard InChI is InChI=1S/C76H140O6/c1-4-7-10-13-16-19-22-25-27-29-31-33-34-35-36-37-38-39-40-41-42-44-45-47-49-51-54-57-60-63-66-69-75(78)81-72-73(71-80-74(77)68-65-62-59-56-53-24-21-18-15-12-9-6-3)82-76(79)70-67-64-61-58-55-52-50-48-46-43-32-30-28-26-23-20-17-14-11-8-5-2/h22,25,29-32,34-35,73H,4-21,23-24,26-28,33,36-72H2,1-3H3/b25-22-,31-29-,32-30-,35-34-. The average Bonchev–Trinajstić information content (AvgIpc) is 3.47. The van der Waals surface area contributed by atoms with Crippen LogP contribution < -0.4 is 0 Å². The van der Waals surface area contributed by atoms with Gasteiger partial charge in [-0.1, -0.05) is 345 Å². The zero-order chi connectivity index (χ0) is 59.2. The van der Waals surface area contributed by atoms with E-state index in [2.05, 4.69) is 69.4 Å². The first-order valence-corrected chi connectivity index (χ1v) is 36.6. The number of hydrogen-bond acceptors (Lipinski definition) is 6. The second-order valence-corrected chi connectivity index (χ2v) is 24.9. The molecule has 82 heavy (non-hydrogen) atoms. The van der Waals surface area contributed by atoms with E-state index in [0.717, 1.165) is 70.6 Å². The van der Waals surface area contributed by atoms with E-state index in [1.807, 2.05) is 0 Å². The van der Waals surface area contributed by atoms with Crippen LogP contribution in [-0.4, -0.2) is 37.2 Å². The molecule has 0 rings (SSSR count). The fraction of sp³-hybridized carbons (Fsp3) is 0.855. The number of carbonyl (C=O) groups is 3. The summed E-state index contributed by atoms with van der Waals surface area (Å²) in [5, 5.41) is 0. The zero-order valence-corrected chi connectivity index (χ0v) is 55.3. The Morgan fingerprint density at radius 3 is 0.695 bits per heavy atom. The van der Waals surface area contributed by atoms with E-state index in [4.69, 9.17) is 14.2 Å². The topological polar surface area (TPSA) is 78.9 Å². The quantitative estimate of drug-likeness (QED) is 0.0261. The maximum atomic E-state index is 12.9. The Balaban J connectivity index is 4.17. The molecule has 0 aromatic heterocycles. The average molecular weight is 1150 g/mol. The monoisotopic (exact) mass is 1150 g/mol. The minimum atomic E-state index is -0.772. The summed E-state index contributed by atoms with van der Waals surface area (Å²) in [5.74, 6) is -0.843. The van der Waals surface area contributed by atoms with E-state index in [1.54, 1.807) is 0 Å². The number of rotatable bonds is 68. The second-order valence-electron chi connectivity index (χ2n) is 24.9. The molecule has 0 aliphatic rings. The van der Waals surface area contributed by atoms with Crippen molar-refractivity contribution in [2.24, 2.45) is 0 Å². The number of allylic oxidation sites excluding steroid dienone is 8. The van der Waals surface area contributed by atoms with Gasteiger partial charge in [0.1, 0.15) is 13.2 Å². The lowest BCUT2D eigenvalue weighted by Crippen LogP contribution is -2.30. The molecule has 0 saturated heterocycles. The molecule has 1 unspecified atom stereocenters. The van der Waals surface area contributed by atoms with Crippen LogP contribution >= 0.6 is 0 Å². The first kappa shape index (κ1) is 79.4. The predicted molar refractivity (Wildman–Crippen MR) is 358 cm³/mol. The zero-order valence-electron chi connectivity index (χ0n) is 55.3. The van der Waals surface area contributed by atoms with E-state index in [1.165, 1.54) is 289 Å². The summed E-state index contributed by atoms with van der Waals surface area (Å²) >= 11 is 0. The lowest BCUT2D eigenvalue weighted by Gasteiger charge is -2.18. The molecule has 0 aromatic rings. The van der Waals surface area contributed by atoms with Gasteiger partial charge in [-0.25, -0.2) is 0 Å². The summed E-state index contributed by atoms with van der Waals surface area (Å²) in [7, 11) is 0. The highest BCUT2D eigenvalue weighted by Crippen LogP contribution is 2.18. The molecule has 1 atom stereocenters. The molecule has 6 nitrogen and oxygen atoms in total. The molecule has 0 bridgehead atoms. The lowest BCUT2D eigenvalue weighted by atomic mass is 10.0. The van der Waals surface area contributed by atoms with Crippen molar-refractivity contribution >= 4 is 17.9 Å². The number of ether oxygens (including phenoxy) is 3. The molecule has 6 heteroatoms. The van der Waals surface area contributed by atoms with Crippen molar-refractivity contribution in [3.05, 3.63) is 48.6 Å². The smallest absolute Gasteiger partial charge is 0.306 e. The summed E-state index contributed by atoms with van der Waals surface area (Å²) in [6.45, 7) is 6.69. The number of esters is 3. The molecule has 0 spiro atoms. The van der Waals surface area contributed by atoms with E-state index >= 15 is 0 Å². The molecule has 0 fully saturated rings. The molecular weight excluding hydrogens is 1010 g/mol. The maximum absolute atomic E-state index is 12.9. The summed E-state index contributed by atoms with van der Waals surface area (Å²) in [6.07, 6.45) is 90.1. The van der Waals surface area contributed by atoms with E-state index in [9.17, 15) is 14.4 Å². The van der Waals surface area contributed by atoms with Gasteiger partial charge < -0.3 is 14.2 Å². The third-order valence-electron chi connectivity index (χ3n) is 16.6. The molecule has 480 valence electrons. The van der Waals surface area contributed by atoms with E-state index in [-0.39, 0.29) is 31.1 Å². The van der Waals surface area contributed by atoms with Crippen LogP contribution in [0, 0.1) is 0 Å². The van der Waals surface area contributed by atoms with Gasteiger partial charge in [-0.15, -0.1) is 0 Å². The van der Waals surface area contributed by atoms with Crippen molar-refractivity contribution in [3.8, 4) is 0 Å². The van der Waals surface area contributed by atoms with Crippen molar-refractivity contribution < 1.29 is 28.6 Å². The summed E-state index contributed by atoms with van der Waals surface area (Å²) in [6, 6.07) is 0. The molecule has 0 aliphatic carbocycles.